The van der Waals surface area contributed by atoms with Crippen molar-refractivity contribution in [3.05, 3.63) is 0 Å². The molecule has 0 aliphatic carbocycles. The minimum Gasteiger partial charge on any atom is -0.381 e. The van der Waals surface area contributed by atoms with Crippen molar-refractivity contribution >= 4 is 10.0 Å². The highest BCUT2D eigenvalue weighted by Crippen LogP contribution is 1.93. The summed E-state index contributed by atoms with van der Waals surface area (Å²) in [7, 11) is -3.25. The molecule has 0 saturated carbocycles. The lowest BCUT2D eigenvalue weighted by molar-refractivity contribution is 0.163. The predicted octanol–water partition coefficient (Wildman–Crippen LogP) is 0.354. The van der Waals surface area contributed by atoms with Crippen LogP contribution in [0.5, 0.6) is 0 Å². The standard InChI is InChI=1S/C9H17NO3S/c1-4-6-9(3)10-14(11,12)8-7-13-5-2/h1,9-10H,5-8H2,2-3H3. The molecule has 82 valence electrons. The molecule has 1 atom stereocenters. The maximum Gasteiger partial charge on any atom is 0.214 e. The molecular weight excluding hydrogens is 202 g/mol. The van der Waals surface area contributed by atoms with Gasteiger partial charge in [0.1, 0.15) is 0 Å². The molecule has 14 heavy (non-hydrogen) atoms. The Labute approximate surface area is 86.1 Å². The Morgan fingerprint density at radius 2 is 2.21 bits per heavy atom. The van der Waals surface area contributed by atoms with E-state index >= 15 is 0 Å². The van der Waals surface area contributed by atoms with Gasteiger partial charge in [0.2, 0.25) is 10.0 Å². The van der Waals surface area contributed by atoms with Gasteiger partial charge in [-0.25, -0.2) is 13.1 Å². The molecule has 4 nitrogen and oxygen atoms in total. The smallest absolute Gasteiger partial charge is 0.214 e. The van der Waals surface area contributed by atoms with Crippen molar-refractivity contribution < 1.29 is 13.2 Å². The molecule has 0 aromatic heterocycles. The van der Waals surface area contributed by atoms with Gasteiger partial charge < -0.3 is 4.74 Å². The lowest BCUT2D eigenvalue weighted by Gasteiger charge is -2.11. The van der Waals surface area contributed by atoms with Crippen molar-refractivity contribution in [2.45, 2.75) is 26.3 Å². The van der Waals surface area contributed by atoms with Gasteiger partial charge in [0.05, 0.1) is 12.4 Å². The zero-order chi connectivity index (χ0) is 11.0. The Bertz CT molecular complexity index is 279. The lowest BCUT2D eigenvalue weighted by Crippen LogP contribution is -2.35. The third-order valence-electron chi connectivity index (χ3n) is 1.51. The molecule has 0 rings (SSSR count). The van der Waals surface area contributed by atoms with E-state index in [1.165, 1.54) is 0 Å². The van der Waals surface area contributed by atoms with Crippen molar-refractivity contribution in [1.29, 1.82) is 0 Å². The van der Waals surface area contributed by atoms with E-state index in [0.29, 0.717) is 13.0 Å². The molecule has 0 fully saturated rings. The molecule has 0 aliphatic rings. The Balaban J connectivity index is 3.90. The molecule has 0 spiro atoms. The molecule has 0 amide bonds. The summed E-state index contributed by atoms with van der Waals surface area (Å²) in [5, 5.41) is 0. The Morgan fingerprint density at radius 3 is 2.71 bits per heavy atom. The van der Waals surface area contributed by atoms with Crippen LogP contribution in [0.15, 0.2) is 0 Å². The third kappa shape index (κ3) is 6.89. The molecule has 0 aromatic carbocycles. The summed E-state index contributed by atoms with van der Waals surface area (Å²) in [5.41, 5.74) is 0. The quantitative estimate of drug-likeness (QED) is 0.496. The van der Waals surface area contributed by atoms with E-state index in [0.717, 1.165) is 0 Å². The van der Waals surface area contributed by atoms with Crippen molar-refractivity contribution in [1.82, 2.24) is 4.72 Å². The van der Waals surface area contributed by atoms with Gasteiger partial charge in [-0.1, -0.05) is 0 Å². The van der Waals surface area contributed by atoms with Gasteiger partial charge >= 0.3 is 0 Å². The first-order valence-electron chi connectivity index (χ1n) is 4.53. The molecular formula is C9H17NO3S. The van der Waals surface area contributed by atoms with Crippen LogP contribution in [-0.2, 0) is 14.8 Å². The van der Waals surface area contributed by atoms with Gasteiger partial charge in [0.15, 0.2) is 0 Å². The Hall–Kier alpha value is -0.570. The maximum atomic E-state index is 11.3. The highest BCUT2D eigenvalue weighted by molar-refractivity contribution is 7.89. The van der Waals surface area contributed by atoms with Crippen LogP contribution in [0.2, 0.25) is 0 Å². The fourth-order valence-electron chi connectivity index (χ4n) is 0.897. The molecule has 0 saturated heterocycles. The van der Waals surface area contributed by atoms with E-state index in [2.05, 4.69) is 10.6 Å². The molecule has 5 heteroatoms. The second-order valence-electron chi connectivity index (χ2n) is 2.94. The first-order chi connectivity index (χ1) is 6.52. The van der Waals surface area contributed by atoms with Crippen molar-refractivity contribution in [3.8, 4) is 12.3 Å². The SMILES string of the molecule is C#CCC(C)NS(=O)(=O)CCOCC. The summed E-state index contributed by atoms with van der Waals surface area (Å²) >= 11 is 0. The zero-order valence-corrected chi connectivity index (χ0v) is 9.43. The summed E-state index contributed by atoms with van der Waals surface area (Å²) in [6.45, 7) is 4.29. The van der Waals surface area contributed by atoms with E-state index < -0.39 is 10.0 Å². The minimum absolute atomic E-state index is 0.0181. The van der Waals surface area contributed by atoms with Crippen LogP contribution >= 0.6 is 0 Å². The number of hydrogen-bond acceptors (Lipinski definition) is 3. The van der Waals surface area contributed by atoms with Crippen molar-refractivity contribution in [2.75, 3.05) is 19.0 Å². The molecule has 1 unspecified atom stereocenters. The molecule has 1 N–H and O–H groups in total. The summed E-state index contributed by atoms with van der Waals surface area (Å²) in [6, 6.07) is -0.216. The van der Waals surface area contributed by atoms with Crippen LogP contribution in [-0.4, -0.2) is 33.4 Å². The highest BCUT2D eigenvalue weighted by atomic mass is 32.2. The third-order valence-corrected chi connectivity index (χ3v) is 2.97. The number of sulfonamides is 1. The van der Waals surface area contributed by atoms with Crippen LogP contribution in [0, 0.1) is 12.3 Å². The molecule has 0 aliphatic heterocycles. The average molecular weight is 219 g/mol. The first-order valence-corrected chi connectivity index (χ1v) is 6.18. The molecule has 0 bridgehead atoms. The highest BCUT2D eigenvalue weighted by Gasteiger charge is 2.13. The Kier molecular flexibility index (Phi) is 6.54. The molecule has 0 aromatic rings. The monoisotopic (exact) mass is 219 g/mol. The van der Waals surface area contributed by atoms with Gasteiger partial charge in [0.25, 0.3) is 0 Å². The van der Waals surface area contributed by atoms with Gasteiger partial charge in [-0.3, -0.25) is 0 Å². The second kappa shape index (κ2) is 6.82. The van der Waals surface area contributed by atoms with Crippen LogP contribution in [0.1, 0.15) is 20.3 Å². The van der Waals surface area contributed by atoms with E-state index in [1.54, 1.807) is 6.92 Å². The zero-order valence-electron chi connectivity index (χ0n) is 8.62. The minimum atomic E-state index is -3.25. The van der Waals surface area contributed by atoms with Crippen LogP contribution in [0.25, 0.3) is 0 Å². The van der Waals surface area contributed by atoms with E-state index in [4.69, 9.17) is 11.2 Å². The fourth-order valence-corrected chi connectivity index (χ4v) is 2.05. The van der Waals surface area contributed by atoms with Gasteiger partial charge in [0, 0.05) is 19.1 Å². The van der Waals surface area contributed by atoms with E-state index in [1.807, 2.05) is 6.92 Å². The van der Waals surface area contributed by atoms with Gasteiger partial charge in [-0.05, 0) is 13.8 Å². The Morgan fingerprint density at radius 1 is 1.57 bits per heavy atom. The van der Waals surface area contributed by atoms with Gasteiger partial charge in [-0.15, -0.1) is 12.3 Å². The van der Waals surface area contributed by atoms with Crippen LogP contribution in [0.4, 0.5) is 0 Å². The number of terminal acetylenes is 1. The molecule has 0 heterocycles. The van der Waals surface area contributed by atoms with Gasteiger partial charge in [-0.2, -0.15) is 0 Å². The largest absolute Gasteiger partial charge is 0.381 e. The summed E-state index contributed by atoms with van der Waals surface area (Å²) in [4.78, 5) is 0. The van der Waals surface area contributed by atoms with Crippen LogP contribution in [0.3, 0.4) is 0 Å². The maximum absolute atomic E-state index is 11.3. The average Bonchev–Trinajstić information content (AvgIpc) is 2.03. The predicted molar refractivity (Wildman–Crippen MR) is 56.3 cm³/mol. The number of hydrogen-bond donors (Lipinski definition) is 1. The normalized spacial score (nSPS) is 13.5. The fraction of sp³-hybridized carbons (Fsp3) is 0.778. The van der Waals surface area contributed by atoms with E-state index in [-0.39, 0.29) is 18.4 Å². The molecule has 0 radical (unpaired) electrons. The number of nitrogens with one attached hydrogen (secondary N) is 1. The van der Waals surface area contributed by atoms with Crippen molar-refractivity contribution in [2.24, 2.45) is 0 Å². The van der Waals surface area contributed by atoms with Crippen molar-refractivity contribution in [3.63, 3.8) is 0 Å². The number of ether oxygens (including phenoxy) is 1. The summed E-state index contributed by atoms with van der Waals surface area (Å²) in [6.07, 6.45) is 5.46. The summed E-state index contributed by atoms with van der Waals surface area (Å²) < 4.78 is 30.1. The summed E-state index contributed by atoms with van der Waals surface area (Å²) in [5.74, 6) is 2.38. The lowest BCUT2D eigenvalue weighted by atomic mass is 10.3. The van der Waals surface area contributed by atoms with Crippen LogP contribution < -0.4 is 4.72 Å². The first kappa shape index (κ1) is 13.4. The topological polar surface area (TPSA) is 55.4 Å². The van der Waals surface area contributed by atoms with E-state index in [9.17, 15) is 8.42 Å². The second-order valence-corrected chi connectivity index (χ2v) is 4.82. The number of rotatable bonds is 7.